The number of halogens is 2. The number of thioether (sulfide) groups is 1. The van der Waals surface area contributed by atoms with Crippen LogP contribution in [0.5, 0.6) is 0 Å². The number of nitrogens with zero attached hydrogens (tertiary/aromatic N) is 3. The van der Waals surface area contributed by atoms with Crippen LogP contribution in [0.1, 0.15) is 40.3 Å². The fourth-order valence-electron chi connectivity index (χ4n) is 4.20. The van der Waals surface area contributed by atoms with Crippen molar-refractivity contribution in [1.29, 1.82) is 0 Å². The van der Waals surface area contributed by atoms with Gasteiger partial charge in [0, 0.05) is 16.3 Å². The van der Waals surface area contributed by atoms with Gasteiger partial charge in [0.1, 0.15) is 5.82 Å². The van der Waals surface area contributed by atoms with Gasteiger partial charge in [-0.3, -0.25) is 9.36 Å². The third-order valence-corrected chi connectivity index (χ3v) is 7.36. The third-order valence-electron chi connectivity index (χ3n) is 6.12. The number of rotatable bonds is 7. The van der Waals surface area contributed by atoms with Crippen molar-refractivity contribution in [2.75, 3.05) is 0 Å². The molecule has 5 rings (SSSR count). The SMILES string of the molecule is Cc1ccc(Cl)cc1-n1c(SCc2ccc(F)cc2)nnc1C(C)NC(=O)c1cccc2ccccc12. The molecule has 0 saturated heterocycles. The molecule has 1 heterocycles. The standard InChI is InChI=1S/C29H24ClFN4OS/c1-18-10-13-22(30)16-26(18)35-27(33-34-29(35)37-17-20-11-14-23(31)15-12-20)19(2)32-28(36)25-9-5-7-21-6-3-4-8-24(21)25/h3-16,19H,17H2,1-2H3,(H,32,36). The van der Waals surface area contributed by atoms with E-state index >= 15 is 0 Å². The number of hydrogen-bond acceptors (Lipinski definition) is 4. The Hall–Kier alpha value is -3.68. The molecule has 0 bridgehead atoms. The van der Waals surface area contributed by atoms with Crippen molar-refractivity contribution in [2.45, 2.75) is 30.8 Å². The van der Waals surface area contributed by atoms with E-state index in [1.54, 1.807) is 12.1 Å². The molecule has 0 fully saturated rings. The highest BCUT2D eigenvalue weighted by molar-refractivity contribution is 7.98. The number of aryl methyl sites for hydroxylation is 1. The van der Waals surface area contributed by atoms with Gasteiger partial charge in [-0.1, -0.05) is 78.0 Å². The zero-order valence-electron chi connectivity index (χ0n) is 20.3. The van der Waals surface area contributed by atoms with Crippen LogP contribution in [-0.2, 0) is 5.75 Å². The van der Waals surface area contributed by atoms with Gasteiger partial charge in [0.2, 0.25) is 0 Å². The molecule has 0 aliphatic rings. The van der Waals surface area contributed by atoms with Crippen LogP contribution in [0.2, 0.25) is 5.02 Å². The molecule has 4 aromatic carbocycles. The average Bonchev–Trinajstić information content (AvgIpc) is 3.33. The fourth-order valence-corrected chi connectivity index (χ4v) is 5.27. The maximum absolute atomic E-state index is 13.3. The predicted octanol–water partition coefficient (Wildman–Crippen LogP) is 7.30. The summed E-state index contributed by atoms with van der Waals surface area (Å²) in [7, 11) is 0. The van der Waals surface area contributed by atoms with Crippen LogP contribution in [0.3, 0.4) is 0 Å². The first kappa shape index (κ1) is 25.0. The second-order valence-electron chi connectivity index (χ2n) is 8.74. The number of carbonyl (C=O) groups is 1. The van der Waals surface area contributed by atoms with Crippen LogP contribution < -0.4 is 5.32 Å². The lowest BCUT2D eigenvalue weighted by Crippen LogP contribution is -2.29. The minimum Gasteiger partial charge on any atom is -0.342 e. The van der Waals surface area contributed by atoms with Crippen LogP contribution >= 0.6 is 23.4 Å². The molecule has 1 unspecified atom stereocenters. The van der Waals surface area contributed by atoms with E-state index in [0.717, 1.165) is 27.6 Å². The largest absolute Gasteiger partial charge is 0.342 e. The zero-order chi connectivity index (χ0) is 25.9. The lowest BCUT2D eigenvalue weighted by molar-refractivity contribution is 0.0939. The lowest BCUT2D eigenvalue weighted by Gasteiger charge is -2.18. The van der Waals surface area contributed by atoms with Gasteiger partial charge in [0.15, 0.2) is 11.0 Å². The van der Waals surface area contributed by atoms with Crippen LogP contribution in [0, 0.1) is 12.7 Å². The molecule has 0 aliphatic heterocycles. The molecule has 5 aromatic rings. The van der Waals surface area contributed by atoms with Crippen molar-refractivity contribution in [1.82, 2.24) is 20.1 Å². The molecular weight excluding hydrogens is 507 g/mol. The highest BCUT2D eigenvalue weighted by Crippen LogP contribution is 2.31. The number of benzene rings is 4. The minimum atomic E-state index is -0.447. The van der Waals surface area contributed by atoms with Crippen molar-refractivity contribution >= 4 is 40.0 Å². The second-order valence-corrected chi connectivity index (χ2v) is 10.1. The monoisotopic (exact) mass is 530 g/mol. The topological polar surface area (TPSA) is 59.8 Å². The Morgan fingerprint density at radius 3 is 2.59 bits per heavy atom. The smallest absolute Gasteiger partial charge is 0.252 e. The normalized spacial score (nSPS) is 12.0. The number of amides is 1. The quantitative estimate of drug-likeness (QED) is 0.224. The Bertz CT molecular complexity index is 1580. The maximum atomic E-state index is 13.3. The van der Waals surface area contributed by atoms with Gasteiger partial charge < -0.3 is 5.32 Å². The molecule has 37 heavy (non-hydrogen) atoms. The van der Waals surface area contributed by atoms with Gasteiger partial charge in [-0.15, -0.1) is 10.2 Å². The van der Waals surface area contributed by atoms with Gasteiger partial charge in [-0.2, -0.15) is 0 Å². The van der Waals surface area contributed by atoms with E-state index in [-0.39, 0.29) is 11.7 Å². The Morgan fingerprint density at radius 1 is 1.03 bits per heavy atom. The van der Waals surface area contributed by atoms with Crippen LogP contribution in [-0.4, -0.2) is 20.7 Å². The summed E-state index contributed by atoms with van der Waals surface area (Å²) >= 11 is 7.84. The average molecular weight is 531 g/mol. The fraction of sp³-hybridized carbons (Fsp3) is 0.138. The zero-order valence-corrected chi connectivity index (χ0v) is 21.9. The van der Waals surface area contributed by atoms with Gasteiger partial charge in [-0.05, 0) is 66.1 Å². The van der Waals surface area contributed by atoms with Gasteiger partial charge >= 0.3 is 0 Å². The van der Waals surface area contributed by atoms with E-state index in [0.29, 0.717) is 27.3 Å². The van der Waals surface area contributed by atoms with Crippen molar-refractivity contribution in [3.05, 3.63) is 118 Å². The molecule has 1 N–H and O–H groups in total. The maximum Gasteiger partial charge on any atom is 0.252 e. The summed E-state index contributed by atoms with van der Waals surface area (Å²) in [4.78, 5) is 13.3. The van der Waals surface area contributed by atoms with Crippen molar-refractivity contribution in [3.8, 4) is 5.69 Å². The number of hydrogen-bond donors (Lipinski definition) is 1. The highest BCUT2D eigenvalue weighted by Gasteiger charge is 2.23. The molecule has 1 aromatic heterocycles. The number of aromatic nitrogens is 3. The van der Waals surface area contributed by atoms with E-state index in [2.05, 4.69) is 15.5 Å². The first-order valence-electron chi connectivity index (χ1n) is 11.8. The van der Waals surface area contributed by atoms with Gasteiger partial charge in [0.25, 0.3) is 5.91 Å². The summed E-state index contributed by atoms with van der Waals surface area (Å²) in [6.45, 7) is 3.88. The summed E-state index contributed by atoms with van der Waals surface area (Å²) in [5.74, 6) is 0.696. The first-order valence-corrected chi connectivity index (χ1v) is 13.1. The Labute approximate surface area is 223 Å². The van der Waals surface area contributed by atoms with Crippen molar-refractivity contribution in [2.24, 2.45) is 0 Å². The van der Waals surface area contributed by atoms with E-state index in [1.165, 1.54) is 23.9 Å². The molecule has 0 spiro atoms. The van der Waals surface area contributed by atoms with Gasteiger partial charge in [0.05, 0.1) is 11.7 Å². The third kappa shape index (κ3) is 5.38. The van der Waals surface area contributed by atoms with E-state index in [1.807, 2.05) is 79.1 Å². The molecule has 8 heteroatoms. The number of fused-ring (bicyclic) bond motifs is 1. The number of carbonyl (C=O) groups excluding carboxylic acids is 1. The summed E-state index contributed by atoms with van der Waals surface area (Å²) in [6.07, 6.45) is 0. The molecule has 5 nitrogen and oxygen atoms in total. The summed E-state index contributed by atoms with van der Waals surface area (Å²) in [6, 6.07) is 25.1. The summed E-state index contributed by atoms with van der Waals surface area (Å²) < 4.78 is 15.3. The first-order chi connectivity index (χ1) is 17.9. The number of nitrogens with one attached hydrogen (secondary N) is 1. The van der Waals surface area contributed by atoms with E-state index in [9.17, 15) is 9.18 Å². The van der Waals surface area contributed by atoms with Crippen molar-refractivity contribution in [3.63, 3.8) is 0 Å². The predicted molar refractivity (Wildman–Crippen MR) is 147 cm³/mol. The highest BCUT2D eigenvalue weighted by atomic mass is 35.5. The van der Waals surface area contributed by atoms with Crippen LogP contribution in [0.15, 0.2) is 90.1 Å². The summed E-state index contributed by atoms with van der Waals surface area (Å²) in [5.41, 5.74) is 3.38. The minimum absolute atomic E-state index is 0.192. The molecule has 1 amide bonds. The Balaban J connectivity index is 1.48. The molecule has 0 radical (unpaired) electrons. The van der Waals surface area contributed by atoms with Gasteiger partial charge in [-0.25, -0.2) is 4.39 Å². The molecule has 1 atom stereocenters. The van der Waals surface area contributed by atoms with Crippen LogP contribution in [0.4, 0.5) is 4.39 Å². The molecule has 186 valence electrons. The lowest BCUT2D eigenvalue weighted by atomic mass is 10.0. The summed E-state index contributed by atoms with van der Waals surface area (Å²) in [5, 5.41) is 15.1. The van der Waals surface area contributed by atoms with Crippen molar-refractivity contribution < 1.29 is 9.18 Å². The van der Waals surface area contributed by atoms with E-state index < -0.39 is 6.04 Å². The molecule has 0 aliphatic carbocycles. The Kier molecular flexibility index (Phi) is 7.26. The van der Waals surface area contributed by atoms with E-state index in [4.69, 9.17) is 11.6 Å². The Morgan fingerprint density at radius 2 is 1.78 bits per heavy atom. The second kappa shape index (κ2) is 10.7. The molecule has 0 saturated carbocycles. The molecular formula is C29H24ClFN4OS. The van der Waals surface area contributed by atoms with Crippen LogP contribution in [0.25, 0.3) is 16.5 Å².